The molecule has 6 unspecified atom stereocenters. The summed E-state index contributed by atoms with van der Waals surface area (Å²) in [7, 11) is 0. The summed E-state index contributed by atoms with van der Waals surface area (Å²) in [6.07, 6.45) is 59.8. The highest BCUT2D eigenvalue weighted by atomic mass is 16.9. The van der Waals surface area contributed by atoms with Crippen molar-refractivity contribution in [3.8, 4) is 0 Å². The normalized spacial score (nSPS) is 37.9. The maximum absolute atomic E-state index is 8.72. The van der Waals surface area contributed by atoms with Crippen molar-refractivity contribution in [2.45, 2.75) is 502 Å². The van der Waals surface area contributed by atoms with Gasteiger partial charge >= 0.3 is 0 Å². The van der Waals surface area contributed by atoms with Crippen LogP contribution in [0.25, 0.3) is 0 Å². The molecule has 802 valence electrons. The molecule has 0 aromatic carbocycles. The Morgan fingerprint density at radius 1 is 0.168 bits per heavy atom. The number of ether oxygens (including phenoxy) is 24. The topological polar surface area (TPSA) is 383 Å². The van der Waals surface area contributed by atoms with Gasteiger partial charge in [-0.25, -0.2) is 0 Å². The molecule has 23 fully saturated rings. The number of rotatable bonds is 55. The van der Waals surface area contributed by atoms with Gasteiger partial charge in [0, 0.05) is 178 Å². The van der Waals surface area contributed by atoms with Gasteiger partial charge in [-0.15, -0.1) is 0 Å². The minimum absolute atomic E-state index is 0.0542. The van der Waals surface area contributed by atoms with Gasteiger partial charge in [0.1, 0.15) is 0 Å². The SMILES string of the molecule is CC12CCOC(CCCCCCCCO)(OC1)O2.CC12CCOC(CCCCCCCO)(OC1)O2.CC12CCOC(CCCCCCO)(OC1)O2.CC12COC(CCCCCCCCO)(OC1)OC2.CC12COC(CCCCCCCO)(OC1)OC2.CC12COC(CCCCCCO)(OC1)OC2.OCCCCCCC12OC3CC(CC(C3)O1)O2.OCCCCCCCC12OC3CC(CC(C3)O1)O2. The van der Waals surface area contributed by atoms with Crippen LogP contribution in [0.3, 0.4) is 0 Å². The van der Waals surface area contributed by atoms with Crippen LogP contribution in [0, 0.1) is 16.2 Å². The first kappa shape index (κ1) is 116. The molecule has 0 amide bonds. The summed E-state index contributed by atoms with van der Waals surface area (Å²) in [5, 5.41) is 69.5. The van der Waals surface area contributed by atoms with Crippen molar-refractivity contribution in [1.29, 1.82) is 0 Å². The monoisotopic (exact) mass is 1960 g/mol. The zero-order valence-corrected chi connectivity index (χ0v) is 85.7. The second kappa shape index (κ2) is 58.0. The highest BCUT2D eigenvalue weighted by Crippen LogP contribution is 2.52. The summed E-state index contributed by atoms with van der Waals surface area (Å²) in [6.45, 7) is 26.0. The van der Waals surface area contributed by atoms with Crippen LogP contribution in [0.15, 0.2) is 0 Å². The number of hydrogen-bond donors (Lipinski definition) is 8. The predicted molar refractivity (Wildman–Crippen MR) is 508 cm³/mol. The molecular formula is C105H190O32. The molecule has 8 N–H and O–H groups in total. The summed E-state index contributed by atoms with van der Waals surface area (Å²) >= 11 is 0. The zero-order chi connectivity index (χ0) is 97.3. The van der Waals surface area contributed by atoms with Crippen LogP contribution in [0.5, 0.6) is 0 Å². The Morgan fingerprint density at radius 3 is 0.489 bits per heavy atom. The van der Waals surface area contributed by atoms with Gasteiger partial charge in [0.15, 0.2) is 0 Å². The third-order valence-corrected chi connectivity index (χ3v) is 29.7. The average molecular weight is 1960 g/mol. The lowest BCUT2D eigenvalue weighted by molar-refractivity contribution is -0.496. The average Bonchev–Trinajstić information content (AvgIpc) is 1.73. The van der Waals surface area contributed by atoms with Crippen LogP contribution in [-0.2, 0) is 114 Å². The van der Waals surface area contributed by atoms with Gasteiger partial charge in [0.25, 0.3) is 47.8 Å². The predicted octanol–water partition coefficient (Wildman–Crippen LogP) is 17.1. The van der Waals surface area contributed by atoms with E-state index in [1.165, 1.54) is 44.9 Å². The molecule has 0 aromatic rings. The van der Waals surface area contributed by atoms with Crippen LogP contribution >= 0.6 is 0 Å². The van der Waals surface area contributed by atoms with E-state index in [1.807, 2.05) is 0 Å². The lowest BCUT2D eigenvalue weighted by Gasteiger charge is -2.55. The van der Waals surface area contributed by atoms with Crippen molar-refractivity contribution < 1.29 is 155 Å². The number of aliphatic hydroxyl groups is 8. The maximum Gasteiger partial charge on any atom is 0.283 e. The summed E-state index contributed by atoms with van der Waals surface area (Å²) in [5.41, 5.74) is -0.217. The second-order valence-corrected chi connectivity index (χ2v) is 44.2. The van der Waals surface area contributed by atoms with Gasteiger partial charge in [-0.1, -0.05) is 168 Å². The second-order valence-electron chi connectivity index (χ2n) is 44.2. The first-order valence-electron chi connectivity index (χ1n) is 54.8. The fraction of sp³-hybridized carbons (Fsp3) is 1.00. The molecule has 32 heteroatoms. The Balaban J connectivity index is 0.000000150. The highest BCUT2D eigenvalue weighted by molar-refractivity contribution is 4.96. The van der Waals surface area contributed by atoms with E-state index in [9.17, 15) is 0 Å². The van der Waals surface area contributed by atoms with Gasteiger partial charge in [-0.3, -0.25) is 0 Å². The first-order chi connectivity index (χ1) is 66.2. The van der Waals surface area contributed by atoms with E-state index < -0.39 is 47.8 Å². The molecule has 23 rings (SSSR count). The fourth-order valence-corrected chi connectivity index (χ4v) is 21.1. The van der Waals surface area contributed by atoms with E-state index >= 15 is 0 Å². The van der Waals surface area contributed by atoms with Gasteiger partial charge in [-0.2, -0.15) is 0 Å². The molecule has 2 aliphatic carbocycles. The Hall–Kier alpha value is -1.28. The fourth-order valence-electron chi connectivity index (χ4n) is 21.1. The Labute approximate surface area is 821 Å². The summed E-state index contributed by atoms with van der Waals surface area (Å²) < 4.78 is 139. The van der Waals surface area contributed by atoms with Gasteiger partial charge in [0.05, 0.1) is 153 Å². The summed E-state index contributed by atoms with van der Waals surface area (Å²) in [5.74, 6) is -5.89. The number of fused-ring (bicyclic) bond motifs is 15. The van der Waals surface area contributed by atoms with E-state index in [4.69, 9.17) is 155 Å². The number of unbranched alkanes of at least 4 members (excludes halogenated alkanes) is 31. The molecule has 32 nitrogen and oxygen atoms in total. The zero-order valence-electron chi connectivity index (χ0n) is 85.7. The van der Waals surface area contributed by atoms with Crippen LogP contribution in [0.4, 0.5) is 0 Å². The van der Waals surface area contributed by atoms with Crippen molar-refractivity contribution in [3.63, 3.8) is 0 Å². The van der Waals surface area contributed by atoms with Crippen LogP contribution in [0.1, 0.15) is 401 Å². The van der Waals surface area contributed by atoms with Crippen molar-refractivity contribution in [2.75, 3.05) is 152 Å². The lowest BCUT2D eigenvalue weighted by atomic mass is 9.88. The standard InChI is InChI=1S/C14H24O4.2C14H26O4.C13H22O4.2C13H24O4.2C12H22O4/c15-7-5-3-1-2-4-6-14-16-11-8-12(17-14)10-13(9-11)18-14;1-13-9-11-16-14(18-13,17-12-13)8-6-4-2-3-5-7-10-15;1-13-10-16-14(17-11-13,18-12-13)8-6-4-2-3-5-7-9-15;14-6-4-2-1-3-5-13-15-10-7-11(16-13)9-12(8-10)17-13;1-12-8-10-15-13(17-12,16-11-12)7-5-3-2-4-6-9-14;1-12-9-15-13(16-10-12,17-11-12)7-5-3-2-4-6-8-14;1-11-7-9-14-12(16-11,15-10-11)6-4-2-3-5-8-13;1-11-8-14-12(15-9-11,16-10-11)6-4-2-3-5-7-13/h11-13,15H,1-10H2;2*15H,2-12H2,1H3;10-12,14H,1-9H2;2*14H,2-11H2,1H3;2*13H,2-10H2,1H3. The molecule has 0 spiro atoms. The van der Waals surface area contributed by atoms with Gasteiger partial charge in [-0.05, 0) is 124 Å². The lowest BCUT2D eigenvalue weighted by Crippen LogP contribution is -2.62. The minimum atomic E-state index is -0.758. The highest BCUT2D eigenvalue weighted by Gasteiger charge is 2.60. The van der Waals surface area contributed by atoms with Crippen molar-refractivity contribution in [2.24, 2.45) is 16.2 Å². The summed E-state index contributed by atoms with van der Waals surface area (Å²) in [4.78, 5) is 0. The van der Waals surface area contributed by atoms with Crippen molar-refractivity contribution in [1.82, 2.24) is 0 Å². The quantitative estimate of drug-likeness (QED) is 0.0262. The third-order valence-electron chi connectivity index (χ3n) is 29.7. The Bertz CT molecular complexity index is 3090. The van der Waals surface area contributed by atoms with Gasteiger partial charge in [0.2, 0.25) is 0 Å². The minimum Gasteiger partial charge on any atom is -0.396 e. The van der Waals surface area contributed by atoms with Crippen LogP contribution in [-0.4, -0.2) is 294 Å². The van der Waals surface area contributed by atoms with E-state index in [0.717, 1.165) is 394 Å². The largest absolute Gasteiger partial charge is 0.396 e. The molecule has 21 aliphatic heterocycles. The van der Waals surface area contributed by atoms with E-state index in [1.54, 1.807) is 0 Å². The van der Waals surface area contributed by atoms with Gasteiger partial charge < -0.3 is 155 Å². The summed E-state index contributed by atoms with van der Waals surface area (Å²) in [6, 6.07) is 0. The molecular weight excluding hydrogens is 1770 g/mol. The van der Waals surface area contributed by atoms with Crippen LogP contribution < -0.4 is 0 Å². The Kier molecular flexibility index (Phi) is 49.1. The van der Waals surface area contributed by atoms with Crippen LogP contribution in [0.2, 0.25) is 0 Å². The molecule has 21 saturated heterocycles. The number of aliphatic hydroxyl groups excluding tert-OH is 8. The van der Waals surface area contributed by atoms with E-state index in [-0.39, 0.29) is 46.3 Å². The smallest absolute Gasteiger partial charge is 0.283 e. The molecule has 2 saturated carbocycles. The molecule has 0 aromatic heterocycles. The third kappa shape index (κ3) is 38.1. The molecule has 21 heterocycles. The van der Waals surface area contributed by atoms with Crippen molar-refractivity contribution in [3.05, 3.63) is 0 Å². The van der Waals surface area contributed by atoms with Crippen molar-refractivity contribution >= 4 is 0 Å². The number of hydrogen-bond acceptors (Lipinski definition) is 32. The molecule has 6 atom stereocenters. The maximum atomic E-state index is 8.72. The van der Waals surface area contributed by atoms with E-state index in [0.29, 0.717) is 96.1 Å². The molecule has 0 radical (unpaired) electrons. The van der Waals surface area contributed by atoms with E-state index in [2.05, 4.69) is 41.5 Å². The Morgan fingerprint density at radius 2 is 0.314 bits per heavy atom. The molecule has 137 heavy (non-hydrogen) atoms. The molecule has 20 bridgehead atoms. The first-order valence-corrected chi connectivity index (χ1v) is 54.8. The molecule has 23 aliphatic rings.